The number of hydrogen-bond donors (Lipinski definition) is 0. The molecule has 0 saturated heterocycles. The molecule has 0 heteroatoms. The van der Waals surface area contributed by atoms with Crippen LogP contribution in [0.2, 0.25) is 0 Å². The van der Waals surface area contributed by atoms with E-state index in [2.05, 4.69) is 57.4 Å². The molecule has 0 aromatic rings. The first-order chi connectivity index (χ1) is 11.7. The van der Waals surface area contributed by atoms with Crippen molar-refractivity contribution >= 4 is 0 Å². The van der Waals surface area contributed by atoms with Gasteiger partial charge in [-0.1, -0.05) is 107 Å². The van der Waals surface area contributed by atoms with Gasteiger partial charge in [0.25, 0.3) is 0 Å². The first-order valence-corrected chi connectivity index (χ1v) is 10.00. The van der Waals surface area contributed by atoms with E-state index in [0.717, 1.165) is 0 Å². The molecule has 0 radical (unpaired) electrons. The normalized spacial score (nSPS) is 21.8. The summed E-state index contributed by atoms with van der Waals surface area (Å²) in [6.07, 6.45) is 27.8. The summed E-state index contributed by atoms with van der Waals surface area (Å²) in [5.41, 5.74) is 2.97. The third kappa shape index (κ3) is 5.96. The van der Waals surface area contributed by atoms with Crippen LogP contribution >= 0.6 is 0 Å². The Morgan fingerprint density at radius 2 is 1.17 bits per heavy atom. The maximum absolute atomic E-state index is 4.14. The van der Waals surface area contributed by atoms with Crippen molar-refractivity contribution in [2.24, 2.45) is 5.41 Å². The van der Waals surface area contributed by atoms with Gasteiger partial charge in [-0.3, -0.25) is 0 Å². The second kappa shape index (κ2) is 12.1. The van der Waals surface area contributed by atoms with Crippen molar-refractivity contribution in [2.45, 2.75) is 84.5 Å². The molecule has 0 N–H and O–H groups in total. The zero-order chi connectivity index (χ0) is 17.7. The zero-order valence-corrected chi connectivity index (χ0v) is 16.2. The molecular formula is C24H38. The van der Waals surface area contributed by atoms with Crippen LogP contribution in [-0.2, 0) is 0 Å². The number of allylic oxidation sites excluding steroid dienone is 8. The highest BCUT2D eigenvalue weighted by atomic mass is 14.4. The van der Waals surface area contributed by atoms with Crippen LogP contribution in [0.1, 0.15) is 84.5 Å². The Kier molecular flexibility index (Phi) is 10.5. The van der Waals surface area contributed by atoms with E-state index in [9.17, 15) is 0 Å². The van der Waals surface area contributed by atoms with E-state index in [1.807, 2.05) is 6.08 Å². The molecule has 0 nitrogen and oxygen atoms in total. The molecule has 1 rings (SSSR count). The Balaban J connectivity index is 3.19. The molecule has 0 atom stereocenters. The summed E-state index contributed by atoms with van der Waals surface area (Å²) in [6, 6.07) is 0. The van der Waals surface area contributed by atoms with Gasteiger partial charge in [0.05, 0.1) is 0 Å². The van der Waals surface area contributed by atoms with Crippen LogP contribution in [0.4, 0.5) is 0 Å². The molecule has 0 aliphatic heterocycles. The van der Waals surface area contributed by atoms with Crippen LogP contribution in [0.3, 0.4) is 0 Å². The first kappa shape index (κ1) is 20.7. The quantitative estimate of drug-likeness (QED) is 0.448. The number of rotatable bonds is 5. The number of hydrogen-bond acceptors (Lipinski definition) is 0. The van der Waals surface area contributed by atoms with Crippen molar-refractivity contribution in [2.75, 3.05) is 0 Å². The molecule has 0 aromatic heterocycles. The molecule has 0 bridgehead atoms. The average molecular weight is 327 g/mol. The molecule has 134 valence electrons. The second-order valence-corrected chi connectivity index (χ2v) is 7.05. The van der Waals surface area contributed by atoms with Gasteiger partial charge in [-0.2, -0.15) is 0 Å². The highest BCUT2D eigenvalue weighted by Gasteiger charge is 2.34. The lowest BCUT2D eigenvalue weighted by Crippen LogP contribution is -2.25. The molecule has 24 heavy (non-hydrogen) atoms. The summed E-state index contributed by atoms with van der Waals surface area (Å²) in [4.78, 5) is 0. The molecule has 1 saturated carbocycles. The summed E-state index contributed by atoms with van der Waals surface area (Å²) < 4.78 is 0. The van der Waals surface area contributed by atoms with Crippen LogP contribution in [0.5, 0.6) is 0 Å². The fourth-order valence-corrected chi connectivity index (χ4v) is 4.25. The summed E-state index contributed by atoms with van der Waals surface area (Å²) >= 11 is 0. The Morgan fingerprint density at radius 3 is 1.54 bits per heavy atom. The molecule has 0 amide bonds. The van der Waals surface area contributed by atoms with E-state index in [1.54, 1.807) is 0 Å². The van der Waals surface area contributed by atoms with Gasteiger partial charge >= 0.3 is 0 Å². The van der Waals surface area contributed by atoms with E-state index in [0.29, 0.717) is 0 Å². The van der Waals surface area contributed by atoms with E-state index < -0.39 is 0 Å². The molecule has 0 spiro atoms. The van der Waals surface area contributed by atoms with Crippen molar-refractivity contribution in [3.8, 4) is 0 Å². The van der Waals surface area contributed by atoms with Gasteiger partial charge in [0.1, 0.15) is 0 Å². The average Bonchev–Trinajstić information content (AvgIpc) is 2.59. The van der Waals surface area contributed by atoms with Gasteiger partial charge in [-0.15, -0.1) is 0 Å². The van der Waals surface area contributed by atoms with Crippen LogP contribution in [0, 0.1) is 5.41 Å². The van der Waals surface area contributed by atoms with Crippen LogP contribution in [0.25, 0.3) is 0 Å². The van der Waals surface area contributed by atoms with Crippen molar-refractivity contribution in [1.29, 1.82) is 0 Å². The summed E-state index contributed by atoms with van der Waals surface area (Å²) in [6.45, 7) is 12.3. The minimum absolute atomic E-state index is 0.129. The Hall–Kier alpha value is -1.30. The van der Waals surface area contributed by atoms with E-state index >= 15 is 0 Å². The smallest absolute Gasteiger partial charge is 0.0196 e. The van der Waals surface area contributed by atoms with Crippen molar-refractivity contribution in [3.05, 3.63) is 60.8 Å². The standard InChI is InChI=1S/C24H38/c1-5-9-19-23(8-4)24(22(6-2)7-3)20-17-15-13-11-10-12-14-16-18-21-24/h5-9,19H,1-2,10-18,20-21H2,3-4H3/b19-9-,22-7+,23-8+. The molecule has 1 aliphatic carbocycles. The van der Waals surface area contributed by atoms with Crippen LogP contribution < -0.4 is 0 Å². The van der Waals surface area contributed by atoms with Gasteiger partial charge in [-0.05, 0) is 37.8 Å². The summed E-state index contributed by atoms with van der Waals surface area (Å²) in [5.74, 6) is 0. The lowest BCUT2D eigenvalue weighted by Gasteiger charge is -2.38. The summed E-state index contributed by atoms with van der Waals surface area (Å²) in [5, 5.41) is 0. The highest BCUT2D eigenvalue weighted by molar-refractivity contribution is 5.41. The molecule has 1 aliphatic rings. The van der Waals surface area contributed by atoms with Gasteiger partial charge in [0, 0.05) is 5.41 Å². The van der Waals surface area contributed by atoms with Crippen LogP contribution in [-0.4, -0.2) is 0 Å². The maximum Gasteiger partial charge on any atom is 0.0196 e. The van der Waals surface area contributed by atoms with Gasteiger partial charge in [0.2, 0.25) is 0 Å². The molecule has 1 fully saturated rings. The lowest BCUT2D eigenvalue weighted by atomic mass is 9.66. The Labute approximate surface area is 151 Å². The Morgan fingerprint density at radius 1 is 0.708 bits per heavy atom. The SMILES string of the molecule is C=C/C=C\C(=C/C)C1(/C(C=C)=C/C)CCCCCCCCCCC1. The molecule has 0 aromatic carbocycles. The topological polar surface area (TPSA) is 0 Å². The second-order valence-electron chi connectivity index (χ2n) is 7.05. The van der Waals surface area contributed by atoms with Crippen LogP contribution in [0.15, 0.2) is 60.8 Å². The fourth-order valence-electron chi connectivity index (χ4n) is 4.25. The van der Waals surface area contributed by atoms with E-state index in [1.165, 1.54) is 81.8 Å². The highest BCUT2D eigenvalue weighted by Crippen LogP contribution is 2.46. The lowest BCUT2D eigenvalue weighted by molar-refractivity contribution is 0.337. The maximum atomic E-state index is 4.14. The minimum atomic E-state index is 0.129. The summed E-state index contributed by atoms with van der Waals surface area (Å²) in [7, 11) is 0. The third-order valence-corrected chi connectivity index (χ3v) is 5.57. The van der Waals surface area contributed by atoms with Gasteiger partial charge in [0.15, 0.2) is 0 Å². The molecule has 0 unspecified atom stereocenters. The largest absolute Gasteiger partial charge is 0.0991 e. The zero-order valence-electron chi connectivity index (χ0n) is 16.2. The van der Waals surface area contributed by atoms with Gasteiger partial charge < -0.3 is 0 Å². The third-order valence-electron chi connectivity index (χ3n) is 5.57. The fraction of sp³-hybridized carbons (Fsp3) is 0.583. The first-order valence-electron chi connectivity index (χ1n) is 10.00. The molecule has 0 heterocycles. The van der Waals surface area contributed by atoms with Gasteiger partial charge in [-0.25, -0.2) is 0 Å². The Bertz CT molecular complexity index is 446. The van der Waals surface area contributed by atoms with Crippen molar-refractivity contribution < 1.29 is 0 Å². The predicted molar refractivity (Wildman–Crippen MR) is 110 cm³/mol. The van der Waals surface area contributed by atoms with E-state index in [-0.39, 0.29) is 5.41 Å². The predicted octanol–water partition coefficient (Wildman–Crippen LogP) is 8.10. The molecular weight excluding hydrogens is 288 g/mol. The van der Waals surface area contributed by atoms with E-state index in [4.69, 9.17) is 0 Å². The van der Waals surface area contributed by atoms with Crippen molar-refractivity contribution in [3.63, 3.8) is 0 Å². The minimum Gasteiger partial charge on any atom is -0.0991 e. The monoisotopic (exact) mass is 326 g/mol. The van der Waals surface area contributed by atoms with Crippen molar-refractivity contribution in [1.82, 2.24) is 0 Å².